The minimum Gasteiger partial charge on any atom is -0.0988 e. The lowest BCUT2D eigenvalue weighted by molar-refractivity contribution is 1.54. The third kappa shape index (κ3) is 5.95. The molecule has 0 aliphatic heterocycles. The molecule has 0 nitrogen and oxygen atoms in total. The number of rotatable bonds is 5. The molecule has 1 unspecified atom stereocenters. The van der Waals surface area contributed by atoms with E-state index in [0.717, 1.165) is 5.75 Å². The molecule has 0 saturated heterocycles. The molecule has 0 aromatic carbocycles. The van der Waals surface area contributed by atoms with Gasteiger partial charge in [-0.1, -0.05) is 18.6 Å². The van der Waals surface area contributed by atoms with Crippen molar-refractivity contribution in [3.8, 4) is 0 Å². The molecule has 0 aromatic rings. The van der Waals surface area contributed by atoms with Crippen LogP contribution in [0.25, 0.3) is 0 Å². The zero-order chi connectivity index (χ0) is 8.91. The van der Waals surface area contributed by atoms with E-state index in [-0.39, 0.29) is 8.49 Å². The summed E-state index contributed by atoms with van der Waals surface area (Å²) in [6.07, 6.45) is 0. The van der Waals surface area contributed by atoms with E-state index in [9.17, 15) is 0 Å². The maximum absolute atomic E-state index is 5.23. The van der Waals surface area contributed by atoms with Gasteiger partial charge in [0, 0.05) is 20.8 Å². The van der Waals surface area contributed by atoms with Crippen LogP contribution in [0.5, 0.6) is 0 Å². The molecule has 0 aliphatic rings. The maximum atomic E-state index is 5.23. The van der Waals surface area contributed by atoms with Crippen molar-refractivity contribution in [1.82, 2.24) is 0 Å². The van der Waals surface area contributed by atoms with Crippen molar-refractivity contribution >= 4 is 88.4 Å². The Labute approximate surface area is 99.6 Å². The van der Waals surface area contributed by atoms with Crippen LogP contribution < -0.4 is 0 Å². The normalized spacial score (nSPS) is 14.7. The highest BCUT2D eigenvalue weighted by molar-refractivity contribution is 9.46. The third-order valence-electron chi connectivity index (χ3n) is 0.605. The standard InChI is InChI=1S/C2H6S9/c1-2-10(4)11(5,6)9-8-7-3/h3H,2H2,1H3. The first kappa shape index (κ1) is 13.8. The number of hydrogen-bond acceptors (Lipinski definition) is 7. The van der Waals surface area contributed by atoms with Crippen molar-refractivity contribution in [3.63, 3.8) is 0 Å². The van der Waals surface area contributed by atoms with Crippen molar-refractivity contribution in [3.05, 3.63) is 0 Å². The first-order chi connectivity index (χ1) is 5.04. The lowest BCUT2D eigenvalue weighted by atomic mass is 11.0. The van der Waals surface area contributed by atoms with Gasteiger partial charge in [-0.25, -0.2) is 0 Å². The second-order valence-corrected chi connectivity index (χ2v) is 21.5. The van der Waals surface area contributed by atoms with E-state index < -0.39 is 5.21 Å². The van der Waals surface area contributed by atoms with Gasteiger partial charge in [-0.2, -0.15) is 0 Å². The maximum Gasteiger partial charge on any atom is 0.0257 e. The second-order valence-electron chi connectivity index (χ2n) is 1.21. The Morgan fingerprint density at radius 1 is 1.55 bits per heavy atom. The van der Waals surface area contributed by atoms with E-state index in [4.69, 9.17) is 33.6 Å². The zero-order valence-corrected chi connectivity index (χ0v) is 12.8. The highest BCUT2D eigenvalue weighted by Gasteiger charge is 2.06. The lowest BCUT2D eigenvalue weighted by Gasteiger charge is -2.07. The van der Waals surface area contributed by atoms with E-state index in [2.05, 4.69) is 11.7 Å². The van der Waals surface area contributed by atoms with E-state index in [1.54, 1.807) is 0 Å². The quantitative estimate of drug-likeness (QED) is 0.607. The summed E-state index contributed by atoms with van der Waals surface area (Å²) < 4.78 is 0. The molecule has 0 amide bonds. The van der Waals surface area contributed by atoms with Crippen LogP contribution in [0.1, 0.15) is 6.92 Å². The Bertz CT molecular complexity index is 210. The lowest BCUT2D eigenvalue weighted by Crippen LogP contribution is -1.99. The summed E-state index contributed by atoms with van der Waals surface area (Å²) in [7, 11) is 4.24. The fraction of sp³-hybridized carbons (Fsp3) is 1.00. The largest absolute Gasteiger partial charge is 0.0988 e. The molecule has 0 fully saturated rings. The monoisotopic (exact) mass is 318 g/mol. The zero-order valence-electron chi connectivity index (χ0n) is 5.42. The molecule has 9 heteroatoms. The van der Waals surface area contributed by atoms with Crippen LogP contribution in [-0.4, -0.2) is 5.75 Å². The van der Waals surface area contributed by atoms with Gasteiger partial charge >= 0.3 is 0 Å². The molecule has 0 saturated carbocycles. The molecule has 0 N–H and O–H groups in total. The smallest absolute Gasteiger partial charge is 0.0257 e. The Morgan fingerprint density at radius 3 is 2.45 bits per heavy atom. The molecule has 0 aromatic heterocycles. The van der Waals surface area contributed by atoms with Crippen LogP contribution >= 0.6 is 41.1 Å². The van der Waals surface area contributed by atoms with Gasteiger partial charge in [0.05, 0.1) is 0 Å². The van der Waals surface area contributed by atoms with Gasteiger partial charge in [0.25, 0.3) is 0 Å². The van der Waals surface area contributed by atoms with Crippen LogP contribution in [0.4, 0.5) is 0 Å². The predicted molar refractivity (Wildman–Crippen MR) is 79.1 cm³/mol. The van der Waals surface area contributed by atoms with Gasteiger partial charge in [0.1, 0.15) is 0 Å². The van der Waals surface area contributed by atoms with E-state index in [1.807, 2.05) is 6.92 Å². The van der Waals surface area contributed by atoms with Gasteiger partial charge in [-0.15, -0.1) is 0 Å². The topological polar surface area (TPSA) is 0 Å². The van der Waals surface area contributed by atoms with Gasteiger partial charge in [0.15, 0.2) is 0 Å². The van der Waals surface area contributed by atoms with Crippen molar-refractivity contribution in [1.29, 1.82) is 0 Å². The highest BCUT2D eigenvalue weighted by Crippen LogP contribution is 2.42. The fourth-order valence-corrected chi connectivity index (χ4v) is 19.5. The van der Waals surface area contributed by atoms with Crippen molar-refractivity contribution in [2.45, 2.75) is 6.92 Å². The predicted octanol–water partition coefficient (Wildman–Crippen LogP) is 2.87. The summed E-state index contributed by atoms with van der Waals surface area (Å²) in [5, 5.41) is -1.45. The van der Waals surface area contributed by atoms with Gasteiger partial charge < -0.3 is 0 Å². The first-order valence-electron chi connectivity index (χ1n) is 2.35. The van der Waals surface area contributed by atoms with E-state index in [0.29, 0.717) is 0 Å². The molecule has 0 bridgehead atoms. The Hall–Kier alpha value is 2.76. The van der Waals surface area contributed by atoms with Crippen LogP contribution in [0.15, 0.2) is 0 Å². The number of hydrogen-bond donors (Lipinski definition) is 1. The van der Waals surface area contributed by atoms with Crippen molar-refractivity contribution < 1.29 is 0 Å². The SMILES string of the molecule is CCS(=S)S(=S)(=S)SSSS. The molecular formula is C2H6S9. The molecular weight excluding hydrogens is 313 g/mol. The Morgan fingerprint density at radius 2 is 2.09 bits per heavy atom. The molecule has 1 atom stereocenters. The summed E-state index contributed by atoms with van der Waals surface area (Å²) in [5.74, 6) is 0.919. The summed E-state index contributed by atoms with van der Waals surface area (Å²) in [4.78, 5) is 0. The fourth-order valence-electron chi connectivity index (χ4n) is 0.222. The third-order valence-corrected chi connectivity index (χ3v) is 24.2. The Balaban J connectivity index is 4.12. The highest BCUT2D eigenvalue weighted by atomic mass is 34.0. The van der Waals surface area contributed by atoms with Gasteiger partial charge in [-0.3, -0.25) is 0 Å². The first-order valence-corrected chi connectivity index (χ1v) is 13.7. The average Bonchev–Trinajstić information content (AvgIpc) is 1.99. The molecule has 0 aliphatic carbocycles. The summed E-state index contributed by atoms with van der Waals surface area (Å²) >= 11 is 19.6. The van der Waals surface area contributed by atoms with Gasteiger partial charge in [-0.05, 0) is 61.7 Å². The summed E-state index contributed by atoms with van der Waals surface area (Å²) in [6, 6.07) is 0. The minimum absolute atomic E-state index is 0.198. The second kappa shape index (κ2) is 7.10. The van der Waals surface area contributed by atoms with Crippen LogP contribution in [-0.2, 0) is 47.3 Å². The van der Waals surface area contributed by atoms with Gasteiger partial charge in [0.2, 0.25) is 0 Å². The van der Waals surface area contributed by atoms with E-state index >= 15 is 0 Å². The van der Waals surface area contributed by atoms with Crippen molar-refractivity contribution in [2.24, 2.45) is 0 Å². The number of thiol groups is 1. The molecule has 0 spiro atoms. The van der Waals surface area contributed by atoms with Crippen LogP contribution in [0.3, 0.4) is 0 Å². The average molecular weight is 319 g/mol. The molecule has 0 rings (SSSR count). The minimum atomic E-state index is -1.45. The van der Waals surface area contributed by atoms with Crippen molar-refractivity contribution in [2.75, 3.05) is 5.75 Å². The summed E-state index contributed by atoms with van der Waals surface area (Å²) in [6.45, 7) is 2.04. The van der Waals surface area contributed by atoms with Crippen LogP contribution in [0, 0.1) is 0 Å². The molecule has 0 radical (unpaired) electrons. The Kier molecular flexibility index (Phi) is 8.89. The molecule has 0 heterocycles. The molecule has 68 valence electrons. The summed E-state index contributed by atoms with van der Waals surface area (Å²) in [5.41, 5.74) is 0. The van der Waals surface area contributed by atoms with E-state index in [1.165, 1.54) is 29.5 Å². The van der Waals surface area contributed by atoms with Crippen LogP contribution in [0.2, 0.25) is 0 Å². The molecule has 11 heavy (non-hydrogen) atoms.